The average molecular weight is 334 g/mol. The zero-order valence-electron chi connectivity index (χ0n) is 14.4. The van der Waals surface area contributed by atoms with E-state index in [1.807, 2.05) is 24.3 Å². The summed E-state index contributed by atoms with van der Waals surface area (Å²) >= 11 is 0. The third kappa shape index (κ3) is 1.70. The van der Waals surface area contributed by atoms with Crippen molar-refractivity contribution in [2.75, 3.05) is 0 Å². The molecule has 0 saturated carbocycles. The van der Waals surface area contributed by atoms with Gasteiger partial charge in [-0.15, -0.1) is 0 Å². The molecule has 26 heavy (non-hydrogen) atoms. The van der Waals surface area contributed by atoms with E-state index in [9.17, 15) is 0 Å². The van der Waals surface area contributed by atoms with E-state index in [1.54, 1.807) is 0 Å². The monoisotopic (exact) mass is 334 g/mol. The molecule has 1 heterocycles. The van der Waals surface area contributed by atoms with Gasteiger partial charge in [-0.25, -0.2) is 0 Å². The molecule has 1 atom stereocenters. The van der Waals surface area contributed by atoms with Crippen molar-refractivity contribution in [2.45, 2.75) is 5.60 Å². The largest absolute Gasteiger partial charge is 0.472 e. The van der Waals surface area contributed by atoms with Crippen molar-refractivity contribution in [1.82, 2.24) is 0 Å². The second-order valence-corrected chi connectivity index (χ2v) is 6.61. The van der Waals surface area contributed by atoms with Gasteiger partial charge in [0.25, 0.3) is 0 Å². The van der Waals surface area contributed by atoms with Crippen LogP contribution in [0.25, 0.3) is 16.7 Å². The zero-order chi connectivity index (χ0) is 17.7. The minimum absolute atomic E-state index is 0.688. The molecule has 3 aromatic carbocycles. The highest BCUT2D eigenvalue weighted by Gasteiger charge is 2.50. The Bertz CT molecular complexity index is 1100. The van der Waals surface area contributed by atoms with Crippen LogP contribution in [-0.2, 0) is 5.60 Å². The summed E-state index contributed by atoms with van der Waals surface area (Å²) in [6.45, 7) is 8.17. The molecule has 0 bridgehead atoms. The Morgan fingerprint density at radius 1 is 0.654 bits per heavy atom. The minimum Gasteiger partial charge on any atom is -0.472 e. The van der Waals surface area contributed by atoms with Gasteiger partial charge in [-0.3, -0.25) is 0 Å². The van der Waals surface area contributed by atoms with Gasteiger partial charge < -0.3 is 4.74 Å². The van der Waals surface area contributed by atoms with E-state index in [4.69, 9.17) is 4.74 Å². The van der Waals surface area contributed by atoms with Crippen LogP contribution in [0.15, 0.2) is 104 Å². The van der Waals surface area contributed by atoms with Crippen LogP contribution in [-0.4, -0.2) is 0 Å². The number of rotatable bonds is 2. The molecule has 1 nitrogen and oxygen atoms in total. The number of hydrogen-bond donors (Lipinski definition) is 0. The Labute approximate surface area is 153 Å². The lowest BCUT2D eigenvalue weighted by Gasteiger charge is -2.40. The fourth-order valence-electron chi connectivity index (χ4n) is 4.40. The molecular weight excluding hydrogens is 316 g/mol. The summed E-state index contributed by atoms with van der Waals surface area (Å²) in [5, 5.41) is 0. The second-order valence-electron chi connectivity index (χ2n) is 6.61. The highest BCUT2D eigenvalue weighted by molar-refractivity contribution is 5.91. The topological polar surface area (TPSA) is 9.23 Å². The molecule has 0 N–H and O–H groups in total. The third-order valence-electron chi connectivity index (χ3n) is 5.42. The molecule has 0 fully saturated rings. The van der Waals surface area contributed by atoms with Gasteiger partial charge in [0.2, 0.25) is 0 Å². The molecule has 2 aliphatic rings. The van der Waals surface area contributed by atoms with Gasteiger partial charge in [0.05, 0.1) is 0 Å². The number of ether oxygens (including phenoxy) is 1. The van der Waals surface area contributed by atoms with Gasteiger partial charge in [0.15, 0.2) is 5.60 Å². The van der Waals surface area contributed by atoms with Crippen LogP contribution in [0.4, 0.5) is 0 Å². The number of benzene rings is 3. The average Bonchev–Trinajstić information content (AvgIpc) is 2.98. The van der Waals surface area contributed by atoms with Crippen molar-refractivity contribution >= 4 is 5.57 Å². The molecule has 1 heteroatoms. The molecular formula is C25H18O. The van der Waals surface area contributed by atoms with Crippen LogP contribution < -0.4 is 4.74 Å². The highest BCUT2D eigenvalue weighted by Crippen LogP contribution is 2.57. The van der Waals surface area contributed by atoms with E-state index in [0.717, 1.165) is 39.1 Å². The summed E-state index contributed by atoms with van der Waals surface area (Å²) in [5.41, 5.74) is 7.24. The van der Waals surface area contributed by atoms with E-state index in [2.05, 4.69) is 73.8 Å². The van der Waals surface area contributed by atoms with Gasteiger partial charge in [-0.2, -0.15) is 0 Å². The normalized spacial score (nSPS) is 19.4. The first-order chi connectivity index (χ1) is 12.8. The Kier molecular flexibility index (Phi) is 3.07. The lowest BCUT2D eigenvalue weighted by Crippen LogP contribution is -2.37. The van der Waals surface area contributed by atoms with E-state index in [1.165, 1.54) is 5.56 Å². The molecule has 0 radical (unpaired) electrons. The Morgan fingerprint density at radius 2 is 1.23 bits per heavy atom. The van der Waals surface area contributed by atoms with Crippen molar-refractivity contribution in [3.63, 3.8) is 0 Å². The summed E-state index contributed by atoms with van der Waals surface area (Å²) < 4.78 is 6.79. The molecule has 124 valence electrons. The molecule has 1 aliphatic carbocycles. The Balaban J connectivity index is 1.95. The maximum absolute atomic E-state index is 6.79. The number of fused-ring (bicyclic) bond motifs is 6. The van der Waals surface area contributed by atoms with Gasteiger partial charge in [0, 0.05) is 22.3 Å². The van der Waals surface area contributed by atoms with Crippen molar-refractivity contribution in [2.24, 2.45) is 0 Å². The number of para-hydroxylation sites is 1. The van der Waals surface area contributed by atoms with Gasteiger partial charge in [-0.1, -0.05) is 92.0 Å². The second kappa shape index (κ2) is 5.34. The quantitative estimate of drug-likeness (QED) is 0.548. The van der Waals surface area contributed by atoms with E-state index in [0.29, 0.717) is 0 Å². The van der Waals surface area contributed by atoms with Gasteiger partial charge >= 0.3 is 0 Å². The summed E-state index contributed by atoms with van der Waals surface area (Å²) in [6, 6.07) is 25.2. The predicted octanol–water partition coefficient (Wildman–Crippen LogP) is 6.13. The molecule has 5 rings (SSSR count). The van der Waals surface area contributed by atoms with E-state index >= 15 is 0 Å². The van der Waals surface area contributed by atoms with Crippen LogP contribution in [0.1, 0.15) is 16.7 Å². The Hall–Kier alpha value is -3.32. The van der Waals surface area contributed by atoms with Crippen LogP contribution >= 0.6 is 0 Å². The first kappa shape index (κ1) is 15.0. The van der Waals surface area contributed by atoms with Crippen molar-refractivity contribution < 1.29 is 4.74 Å². The summed E-state index contributed by atoms with van der Waals surface area (Å²) in [4.78, 5) is 0. The first-order valence-electron chi connectivity index (χ1n) is 8.78. The summed E-state index contributed by atoms with van der Waals surface area (Å²) in [7, 11) is 0. The number of allylic oxidation sites excluding steroid dienone is 2. The predicted molar refractivity (Wildman–Crippen MR) is 107 cm³/mol. The third-order valence-corrected chi connectivity index (χ3v) is 5.42. The number of hydrogen-bond acceptors (Lipinski definition) is 1. The minimum atomic E-state index is -0.688. The van der Waals surface area contributed by atoms with Crippen LogP contribution in [0.2, 0.25) is 0 Å². The molecule has 3 aromatic rings. The molecule has 1 unspecified atom stereocenters. The smallest absolute Gasteiger partial charge is 0.186 e. The highest BCUT2D eigenvalue weighted by atomic mass is 16.5. The molecule has 1 aliphatic heterocycles. The van der Waals surface area contributed by atoms with Crippen LogP contribution in [0.5, 0.6) is 5.75 Å². The zero-order valence-corrected chi connectivity index (χ0v) is 14.4. The van der Waals surface area contributed by atoms with Crippen molar-refractivity contribution in [1.29, 1.82) is 0 Å². The van der Waals surface area contributed by atoms with E-state index in [-0.39, 0.29) is 0 Å². The van der Waals surface area contributed by atoms with Crippen molar-refractivity contribution in [3.8, 4) is 16.9 Å². The molecule has 1 spiro atoms. The van der Waals surface area contributed by atoms with Gasteiger partial charge in [0.1, 0.15) is 5.75 Å². The summed E-state index contributed by atoms with van der Waals surface area (Å²) in [6.07, 6.45) is 3.83. The van der Waals surface area contributed by atoms with Crippen LogP contribution in [0, 0.1) is 0 Å². The van der Waals surface area contributed by atoms with Gasteiger partial charge in [-0.05, 0) is 22.8 Å². The standard InChI is InChI=1S/C25H18O/c1-3-17-18-11-5-8-14-22(18)25(21(17)4-2)23-15-9-6-12-19(23)20-13-7-10-16-24(20)26-25/h3-16H,1-2H2. The molecule has 0 saturated heterocycles. The lowest BCUT2D eigenvalue weighted by molar-refractivity contribution is 0.155. The maximum Gasteiger partial charge on any atom is 0.186 e. The van der Waals surface area contributed by atoms with Crippen molar-refractivity contribution in [3.05, 3.63) is 120 Å². The Morgan fingerprint density at radius 3 is 1.92 bits per heavy atom. The SMILES string of the molecule is C=CC1=C(C=C)C2(Oc3ccccc3-c3ccccc32)c2ccccc21. The van der Waals surface area contributed by atoms with Crippen LogP contribution in [0.3, 0.4) is 0 Å². The summed E-state index contributed by atoms with van der Waals surface area (Å²) in [5.74, 6) is 0.894. The fourth-order valence-corrected chi connectivity index (χ4v) is 4.40. The first-order valence-corrected chi connectivity index (χ1v) is 8.78. The fraction of sp³-hybridized carbons (Fsp3) is 0.0400. The van der Waals surface area contributed by atoms with E-state index < -0.39 is 5.60 Å². The maximum atomic E-state index is 6.79. The molecule has 0 amide bonds. The molecule has 0 aromatic heterocycles. The lowest BCUT2D eigenvalue weighted by atomic mass is 9.77.